The molecule has 1 heterocycles. The van der Waals surface area contributed by atoms with Gasteiger partial charge in [-0.15, -0.1) is 0 Å². The highest BCUT2D eigenvalue weighted by molar-refractivity contribution is 7.61. The number of ether oxygens (including phenoxy) is 1. The molecule has 0 spiro atoms. The smallest absolute Gasteiger partial charge is 0.320 e. The van der Waals surface area contributed by atoms with Crippen molar-refractivity contribution in [2.24, 2.45) is 5.73 Å². The molecule has 0 amide bonds. The lowest BCUT2D eigenvalue weighted by Crippen LogP contribution is -2.53. The molecular weight excluding hydrogens is 434 g/mol. The molecule has 2 aromatic rings. The van der Waals surface area contributed by atoms with E-state index in [0.717, 1.165) is 11.1 Å². The number of unbranched alkanes of at least 4 members (excludes halogenated alkanes) is 1. The average molecular weight is 464 g/mol. The predicted molar refractivity (Wildman–Crippen MR) is 122 cm³/mol. The maximum atomic E-state index is 14.1. The normalized spacial score (nSPS) is 23.8. The molecule has 7 nitrogen and oxygen atoms in total. The van der Waals surface area contributed by atoms with Gasteiger partial charge in [0.15, 0.2) is 5.16 Å². The van der Waals surface area contributed by atoms with E-state index in [1.807, 2.05) is 23.1 Å². The van der Waals surface area contributed by atoms with E-state index in [1.54, 1.807) is 19.2 Å². The zero-order valence-corrected chi connectivity index (χ0v) is 19.1. The molecule has 9 heteroatoms. The molecule has 2 aromatic carbocycles. The molecular formula is C23H30FN2O5P. The highest BCUT2D eigenvalue weighted by Gasteiger charge is 2.56. The zero-order valence-electron chi connectivity index (χ0n) is 18.2. The number of halogens is 1. The van der Waals surface area contributed by atoms with E-state index in [0.29, 0.717) is 37.2 Å². The quantitative estimate of drug-likeness (QED) is 0.384. The first kappa shape index (κ1) is 24.4. The molecule has 1 saturated heterocycles. The minimum Gasteiger partial charge on any atom is -0.497 e. The van der Waals surface area contributed by atoms with Crippen LogP contribution in [-0.4, -0.2) is 58.9 Å². The highest BCUT2D eigenvalue weighted by atomic mass is 31.2. The van der Waals surface area contributed by atoms with Gasteiger partial charge < -0.3 is 20.5 Å². The number of nitrogens with two attached hydrogens (primary N) is 1. The number of methoxy groups -OCH3 is 1. The fourth-order valence-corrected chi connectivity index (χ4v) is 6.52. The van der Waals surface area contributed by atoms with Crippen molar-refractivity contribution < 1.29 is 28.5 Å². The topological polar surface area (TPSA) is 113 Å². The molecule has 0 radical (unpaired) electrons. The summed E-state index contributed by atoms with van der Waals surface area (Å²) in [6.45, 7) is 0.970. The number of carboxylic acids is 1. The van der Waals surface area contributed by atoms with Gasteiger partial charge in [-0.25, -0.2) is 4.39 Å². The fraction of sp³-hybridized carbons (Fsp3) is 0.435. The Morgan fingerprint density at radius 1 is 1.28 bits per heavy atom. The van der Waals surface area contributed by atoms with Crippen molar-refractivity contribution in [1.82, 2.24) is 4.90 Å². The SMILES string of the molecule is COc1cccc(-c2cc(F)ccc2CN2CCP(=O)(O)[C@](CCCCN)(C(=O)O)C2)c1. The Morgan fingerprint density at radius 3 is 2.75 bits per heavy atom. The average Bonchev–Trinajstić information content (AvgIpc) is 2.77. The molecule has 32 heavy (non-hydrogen) atoms. The molecule has 4 N–H and O–H groups in total. The van der Waals surface area contributed by atoms with Crippen LogP contribution >= 0.6 is 7.37 Å². The maximum Gasteiger partial charge on any atom is 0.320 e. The van der Waals surface area contributed by atoms with Gasteiger partial charge in [0.05, 0.1) is 7.11 Å². The summed E-state index contributed by atoms with van der Waals surface area (Å²) in [5.41, 5.74) is 7.78. The number of aliphatic carboxylic acids is 1. The summed E-state index contributed by atoms with van der Waals surface area (Å²) in [6, 6.07) is 11.8. The van der Waals surface area contributed by atoms with E-state index in [9.17, 15) is 23.7 Å². The van der Waals surface area contributed by atoms with Crippen LogP contribution in [0.3, 0.4) is 0 Å². The first-order valence-electron chi connectivity index (χ1n) is 10.6. The van der Waals surface area contributed by atoms with E-state index in [1.165, 1.54) is 12.1 Å². The van der Waals surface area contributed by atoms with Crippen molar-refractivity contribution in [3.63, 3.8) is 0 Å². The van der Waals surface area contributed by atoms with E-state index < -0.39 is 18.5 Å². The standard InChI is InChI=1S/C23H30FN2O5P/c1-31-20-6-4-5-17(13-20)21-14-19(24)8-7-18(21)15-26-11-12-32(29,30)23(16-26,22(27)28)9-2-3-10-25/h4-8,13-14H,2-3,9-12,15-16,25H2,1H3,(H,27,28)(H,29,30)/t23-/m0/s1. The number of carbonyl (C=O) groups is 1. The maximum absolute atomic E-state index is 14.1. The lowest BCUT2D eigenvalue weighted by atomic mass is 9.97. The van der Waals surface area contributed by atoms with Gasteiger partial charge in [-0.3, -0.25) is 14.3 Å². The second-order valence-electron chi connectivity index (χ2n) is 8.25. The van der Waals surface area contributed by atoms with Crippen LogP contribution in [0.5, 0.6) is 5.75 Å². The highest BCUT2D eigenvalue weighted by Crippen LogP contribution is 2.59. The second-order valence-corrected chi connectivity index (χ2v) is 11.0. The van der Waals surface area contributed by atoms with Gasteiger partial charge in [0.2, 0.25) is 7.37 Å². The number of hydrogen-bond acceptors (Lipinski definition) is 5. The number of carboxylic acid groups (broad SMARTS) is 1. The largest absolute Gasteiger partial charge is 0.497 e. The predicted octanol–water partition coefficient (Wildman–Crippen LogP) is 3.54. The van der Waals surface area contributed by atoms with Crippen LogP contribution in [0, 0.1) is 5.82 Å². The van der Waals surface area contributed by atoms with Crippen molar-refractivity contribution in [1.29, 1.82) is 0 Å². The summed E-state index contributed by atoms with van der Waals surface area (Å²) in [6.07, 6.45) is 1.05. The molecule has 0 saturated carbocycles. The summed E-state index contributed by atoms with van der Waals surface area (Å²) in [4.78, 5) is 24.7. The Bertz CT molecular complexity index is 1020. The molecule has 0 bridgehead atoms. The summed E-state index contributed by atoms with van der Waals surface area (Å²) in [7, 11) is -2.35. The third-order valence-corrected chi connectivity index (χ3v) is 8.86. The first-order chi connectivity index (χ1) is 15.2. The van der Waals surface area contributed by atoms with Crippen molar-refractivity contribution >= 4 is 13.3 Å². The molecule has 174 valence electrons. The van der Waals surface area contributed by atoms with Crippen molar-refractivity contribution in [2.45, 2.75) is 31.0 Å². The summed E-state index contributed by atoms with van der Waals surface area (Å²) in [5, 5.41) is 8.26. The van der Waals surface area contributed by atoms with Gasteiger partial charge in [0.1, 0.15) is 11.6 Å². The van der Waals surface area contributed by atoms with Crippen molar-refractivity contribution in [3.8, 4) is 16.9 Å². The molecule has 1 unspecified atom stereocenters. The Labute approximate surface area is 187 Å². The van der Waals surface area contributed by atoms with Gasteiger partial charge in [-0.05, 0) is 60.3 Å². The summed E-state index contributed by atoms with van der Waals surface area (Å²) >= 11 is 0. The lowest BCUT2D eigenvalue weighted by molar-refractivity contribution is -0.141. The van der Waals surface area contributed by atoms with Crippen LogP contribution in [0.4, 0.5) is 4.39 Å². The molecule has 0 aliphatic carbocycles. The van der Waals surface area contributed by atoms with Gasteiger partial charge in [-0.1, -0.05) is 24.6 Å². The zero-order chi connectivity index (χ0) is 23.4. The van der Waals surface area contributed by atoms with Crippen LogP contribution in [-0.2, 0) is 15.9 Å². The summed E-state index contributed by atoms with van der Waals surface area (Å²) in [5.74, 6) is -0.995. The van der Waals surface area contributed by atoms with Gasteiger partial charge >= 0.3 is 5.97 Å². The van der Waals surface area contributed by atoms with Crippen LogP contribution in [0.2, 0.25) is 0 Å². The number of benzene rings is 2. The van der Waals surface area contributed by atoms with Gasteiger partial charge in [0.25, 0.3) is 0 Å². The second kappa shape index (κ2) is 10.1. The number of rotatable bonds is 9. The van der Waals surface area contributed by atoms with Crippen molar-refractivity contribution in [3.05, 3.63) is 53.8 Å². The Balaban J connectivity index is 1.92. The summed E-state index contributed by atoms with van der Waals surface area (Å²) < 4.78 is 32.4. The lowest BCUT2D eigenvalue weighted by Gasteiger charge is -2.43. The Hall–Kier alpha value is -2.25. The number of nitrogens with zero attached hydrogens (tertiary/aromatic N) is 1. The third kappa shape index (κ3) is 5.04. The molecule has 3 rings (SSSR count). The van der Waals surface area contributed by atoms with Crippen LogP contribution in [0.15, 0.2) is 42.5 Å². The molecule has 1 aliphatic rings. The van der Waals surface area contributed by atoms with Crippen LogP contribution in [0.1, 0.15) is 24.8 Å². The monoisotopic (exact) mass is 464 g/mol. The molecule has 1 aliphatic heterocycles. The third-order valence-electron chi connectivity index (χ3n) is 6.16. The molecule has 1 fully saturated rings. The Kier molecular flexibility index (Phi) is 7.72. The minimum atomic E-state index is -3.91. The van der Waals surface area contributed by atoms with E-state index in [2.05, 4.69) is 0 Å². The number of hydrogen-bond donors (Lipinski definition) is 3. The van der Waals surface area contributed by atoms with Crippen LogP contribution < -0.4 is 10.5 Å². The van der Waals surface area contributed by atoms with E-state index in [-0.39, 0.29) is 31.5 Å². The van der Waals surface area contributed by atoms with Gasteiger partial charge in [-0.2, -0.15) is 0 Å². The van der Waals surface area contributed by atoms with E-state index >= 15 is 0 Å². The Morgan fingerprint density at radius 2 is 2.06 bits per heavy atom. The first-order valence-corrected chi connectivity index (χ1v) is 12.5. The van der Waals surface area contributed by atoms with Crippen molar-refractivity contribution in [2.75, 3.05) is 32.9 Å². The minimum absolute atomic E-state index is 0.0460. The van der Waals surface area contributed by atoms with Gasteiger partial charge in [0, 0.05) is 25.8 Å². The molecule has 2 atom stereocenters. The fourth-order valence-electron chi connectivity index (χ4n) is 4.31. The van der Waals surface area contributed by atoms with E-state index in [4.69, 9.17) is 10.5 Å². The molecule has 0 aromatic heterocycles. The van der Waals surface area contributed by atoms with Crippen LogP contribution in [0.25, 0.3) is 11.1 Å².